The summed E-state index contributed by atoms with van der Waals surface area (Å²) in [5, 5.41) is 10.4. The highest BCUT2D eigenvalue weighted by Gasteiger charge is 2.15. The summed E-state index contributed by atoms with van der Waals surface area (Å²) in [4.78, 5) is 30.3. The predicted molar refractivity (Wildman–Crippen MR) is 129 cm³/mol. The second-order valence-corrected chi connectivity index (χ2v) is 7.18. The number of pyridine rings is 1. The fourth-order valence-electron chi connectivity index (χ4n) is 3.22. The van der Waals surface area contributed by atoms with Crippen LogP contribution >= 0.6 is 0 Å². The number of para-hydroxylation sites is 1. The lowest BCUT2D eigenvalue weighted by Gasteiger charge is -2.08. The van der Waals surface area contributed by atoms with Crippen LogP contribution in [0.1, 0.15) is 23.0 Å². The minimum absolute atomic E-state index is 0.245. The van der Waals surface area contributed by atoms with E-state index >= 15 is 0 Å². The quantitative estimate of drug-likeness (QED) is 0.223. The van der Waals surface area contributed by atoms with Crippen LogP contribution in [-0.2, 0) is 0 Å². The molecule has 1 amide bonds. The van der Waals surface area contributed by atoms with E-state index in [0.717, 1.165) is 16.7 Å². The monoisotopic (exact) mass is 439 g/mol. The van der Waals surface area contributed by atoms with Crippen LogP contribution in [0, 0.1) is 0 Å². The summed E-state index contributed by atoms with van der Waals surface area (Å²) in [5.41, 5.74) is 2.97. The Morgan fingerprint density at radius 1 is 1.15 bits per heavy atom. The highest BCUT2D eigenvalue weighted by molar-refractivity contribution is 6.11. The Hall–Kier alpha value is -4.72. The van der Waals surface area contributed by atoms with E-state index in [0.29, 0.717) is 22.6 Å². The van der Waals surface area contributed by atoms with Gasteiger partial charge in [0.1, 0.15) is 11.5 Å². The zero-order valence-corrected chi connectivity index (χ0v) is 17.8. The van der Waals surface area contributed by atoms with E-state index in [2.05, 4.69) is 32.2 Å². The molecule has 3 N–H and O–H groups in total. The molecule has 4 rings (SSSR count). The van der Waals surface area contributed by atoms with Gasteiger partial charge in [0.25, 0.3) is 5.91 Å². The molecule has 2 aromatic carbocycles. The molecule has 0 aliphatic rings. The van der Waals surface area contributed by atoms with Gasteiger partial charge in [-0.3, -0.25) is 19.7 Å². The van der Waals surface area contributed by atoms with Crippen LogP contribution in [0.4, 0.5) is 5.69 Å². The molecule has 0 saturated carbocycles. The van der Waals surface area contributed by atoms with Crippen molar-refractivity contribution in [2.75, 3.05) is 5.32 Å². The van der Waals surface area contributed by atoms with Gasteiger partial charge >= 0.3 is 0 Å². The molecule has 0 spiro atoms. The number of H-pyrrole nitrogens is 2. The fourth-order valence-corrected chi connectivity index (χ4v) is 3.22. The third kappa shape index (κ3) is 5.13. The number of aliphatic imine (C=N–C) groups is 1. The second-order valence-electron chi connectivity index (χ2n) is 7.18. The minimum Gasteiger partial charge on any atom is -0.456 e. The van der Waals surface area contributed by atoms with Gasteiger partial charge in [-0.05, 0) is 61.2 Å². The van der Waals surface area contributed by atoms with E-state index in [1.807, 2.05) is 61.5 Å². The van der Waals surface area contributed by atoms with E-state index in [-0.39, 0.29) is 11.3 Å². The summed E-state index contributed by atoms with van der Waals surface area (Å²) in [6.07, 6.45) is 4.82. The number of aromatic amines is 2. The van der Waals surface area contributed by atoms with Gasteiger partial charge in [-0.1, -0.05) is 24.3 Å². The Morgan fingerprint density at radius 2 is 1.97 bits per heavy atom. The number of nitrogens with one attached hydrogen (secondary N) is 3. The second kappa shape index (κ2) is 9.61. The molecule has 164 valence electrons. The van der Waals surface area contributed by atoms with Crippen molar-refractivity contribution in [2.45, 2.75) is 6.92 Å². The summed E-state index contributed by atoms with van der Waals surface area (Å²) < 4.78 is 5.90. The van der Waals surface area contributed by atoms with Gasteiger partial charge in [0.2, 0.25) is 5.56 Å². The first-order valence-electron chi connectivity index (χ1n) is 10.1. The van der Waals surface area contributed by atoms with E-state index in [9.17, 15) is 9.59 Å². The van der Waals surface area contributed by atoms with Crippen molar-refractivity contribution in [3.05, 3.63) is 107 Å². The Labute approximate surface area is 189 Å². The molecule has 0 bridgehead atoms. The molecule has 0 atom stereocenters. The Balaban J connectivity index is 1.62. The van der Waals surface area contributed by atoms with Crippen molar-refractivity contribution >= 4 is 34.8 Å². The average Bonchev–Trinajstić information content (AvgIpc) is 3.25. The highest BCUT2D eigenvalue weighted by atomic mass is 16.5. The molecule has 2 aromatic heterocycles. The van der Waals surface area contributed by atoms with E-state index in [1.54, 1.807) is 0 Å². The molecule has 8 nitrogen and oxygen atoms in total. The maximum Gasteiger partial charge on any atom is 0.276 e. The molecule has 0 unspecified atom stereocenters. The van der Waals surface area contributed by atoms with Crippen molar-refractivity contribution in [3.8, 4) is 5.75 Å². The molecular formula is C25H21N5O3. The van der Waals surface area contributed by atoms with E-state index in [1.165, 1.54) is 24.5 Å². The lowest BCUT2D eigenvalue weighted by Crippen LogP contribution is -2.14. The number of hydrogen-bond acceptors (Lipinski definition) is 5. The molecule has 0 fully saturated rings. The molecule has 0 aliphatic carbocycles. The summed E-state index contributed by atoms with van der Waals surface area (Å²) in [6, 6.07) is 17.9. The number of anilines is 1. The molecule has 0 saturated heterocycles. The molecule has 4 aromatic rings. The largest absolute Gasteiger partial charge is 0.456 e. The molecular weight excluding hydrogens is 418 g/mol. The number of benzene rings is 2. The zero-order valence-electron chi connectivity index (χ0n) is 17.8. The maximum absolute atomic E-state index is 12.8. The molecule has 8 heteroatoms. The van der Waals surface area contributed by atoms with Crippen LogP contribution in [0.15, 0.2) is 94.7 Å². The van der Waals surface area contributed by atoms with Gasteiger partial charge in [0.05, 0.1) is 17.4 Å². The zero-order chi connectivity index (χ0) is 23.2. The first-order chi connectivity index (χ1) is 16.0. The van der Waals surface area contributed by atoms with Crippen LogP contribution in [0.25, 0.3) is 16.5 Å². The van der Waals surface area contributed by atoms with E-state index < -0.39 is 5.91 Å². The number of hydrogen-bond donors (Lipinski definition) is 3. The highest BCUT2D eigenvalue weighted by Crippen LogP contribution is 2.25. The number of allylic oxidation sites excluding steroid dienone is 2. The Morgan fingerprint density at radius 3 is 2.70 bits per heavy atom. The van der Waals surface area contributed by atoms with Crippen LogP contribution in [0.5, 0.6) is 5.75 Å². The third-order valence-electron chi connectivity index (χ3n) is 4.83. The van der Waals surface area contributed by atoms with Gasteiger partial charge in [-0.25, -0.2) is 0 Å². The van der Waals surface area contributed by atoms with Crippen LogP contribution in [0.2, 0.25) is 0 Å². The van der Waals surface area contributed by atoms with Gasteiger partial charge in [-0.2, -0.15) is 5.10 Å². The summed E-state index contributed by atoms with van der Waals surface area (Å²) >= 11 is 0. The van der Waals surface area contributed by atoms with Gasteiger partial charge < -0.3 is 15.0 Å². The van der Waals surface area contributed by atoms with Crippen LogP contribution < -0.4 is 15.6 Å². The molecule has 2 heterocycles. The molecule has 33 heavy (non-hydrogen) atoms. The smallest absolute Gasteiger partial charge is 0.276 e. The number of fused-ring (bicyclic) bond motifs is 1. The Bertz CT molecular complexity index is 1410. The number of carbonyl (C=O) groups excluding carboxylic acids is 1. The summed E-state index contributed by atoms with van der Waals surface area (Å²) in [7, 11) is 0. The standard InChI is InChI=1S/C25H21N5O3/c1-16(12-20(15-26-2)33-19-6-4-3-5-7-19)17-8-10-22-21(13-17)24(30-29-22)25(32)28-18-9-11-23(31)27-14-18/h3-15H,2H2,1H3,(H,27,31)(H,28,32)(H,29,30)/b16-12+,20-15+. The third-order valence-corrected chi connectivity index (χ3v) is 4.83. The first-order valence-corrected chi connectivity index (χ1v) is 10.1. The predicted octanol–water partition coefficient (Wildman–Crippen LogP) is 4.53. The number of amides is 1. The van der Waals surface area contributed by atoms with Crippen molar-refractivity contribution in [3.63, 3.8) is 0 Å². The maximum atomic E-state index is 12.8. The van der Waals surface area contributed by atoms with Crippen molar-refractivity contribution < 1.29 is 9.53 Å². The molecule has 0 aliphatic heterocycles. The minimum atomic E-state index is -0.393. The van der Waals surface area contributed by atoms with Crippen LogP contribution in [-0.4, -0.2) is 27.8 Å². The summed E-state index contributed by atoms with van der Waals surface area (Å²) in [5.74, 6) is 0.816. The lowest BCUT2D eigenvalue weighted by atomic mass is 10.0. The number of rotatable bonds is 7. The summed E-state index contributed by atoms with van der Waals surface area (Å²) in [6.45, 7) is 5.45. The van der Waals surface area contributed by atoms with E-state index in [4.69, 9.17) is 4.74 Å². The van der Waals surface area contributed by atoms with Crippen molar-refractivity contribution in [2.24, 2.45) is 4.99 Å². The van der Waals surface area contributed by atoms with Crippen molar-refractivity contribution in [1.29, 1.82) is 0 Å². The Kier molecular flexibility index (Phi) is 6.26. The lowest BCUT2D eigenvalue weighted by molar-refractivity contribution is 0.102. The van der Waals surface area contributed by atoms with Gasteiger partial charge in [-0.15, -0.1) is 0 Å². The SMILES string of the molecule is C=N/C=C(\C=C(/C)c1ccc2[nH]nc(C(=O)Nc3ccc(=O)[nH]c3)c2c1)Oc1ccccc1. The first kappa shape index (κ1) is 21.5. The fraction of sp³-hybridized carbons (Fsp3) is 0.0400. The normalized spacial score (nSPS) is 11.9. The number of nitrogens with zero attached hydrogens (tertiary/aromatic N) is 2. The topological polar surface area (TPSA) is 112 Å². The number of ether oxygens (including phenoxy) is 1. The van der Waals surface area contributed by atoms with Crippen LogP contribution in [0.3, 0.4) is 0 Å². The molecule has 0 radical (unpaired) electrons. The average molecular weight is 439 g/mol. The number of carbonyl (C=O) groups is 1. The van der Waals surface area contributed by atoms with Gasteiger partial charge in [0, 0.05) is 17.6 Å². The van der Waals surface area contributed by atoms with Crippen molar-refractivity contribution in [1.82, 2.24) is 15.2 Å². The number of aromatic nitrogens is 3. The van der Waals surface area contributed by atoms with Gasteiger partial charge in [0.15, 0.2) is 5.69 Å².